The minimum absolute atomic E-state index is 0.0828. The van der Waals surface area contributed by atoms with E-state index in [9.17, 15) is 4.79 Å². The van der Waals surface area contributed by atoms with Gasteiger partial charge in [-0.2, -0.15) is 0 Å². The molecule has 1 aliphatic rings. The first-order chi connectivity index (χ1) is 5.79. The van der Waals surface area contributed by atoms with Crippen LogP contribution in [-0.4, -0.2) is 32.1 Å². The highest BCUT2D eigenvalue weighted by atomic mass is 16.7. The van der Waals surface area contributed by atoms with Crippen molar-refractivity contribution >= 4 is 5.97 Å². The summed E-state index contributed by atoms with van der Waals surface area (Å²) >= 11 is 0. The first-order valence-electron chi connectivity index (χ1n) is 4.15. The molecule has 1 aliphatic heterocycles. The predicted octanol–water partition coefficient (Wildman–Crippen LogP) is 0.703. The molecular formula is C8H14O4. The second kappa shape index (κ2) is 5.11. The first-order valence-corrected chi connectivity index (χ1v) is 4.15. The van der Waals surface area contributed by atoms with E-state index in [4.69, 9.17) is 14.2 Å². The molecule has 0 N–H and O–H groups in total. The maximum absolute atomic E-state index is 10.4. The fourth-order valence-corrected chi connectivity index (χ4v) is 1.04. The van der Waals surface area contributed by atoms with Crippen molar-refractivity contribution in [3.63, 3.8) is 0 Å². The quantitative estimate of drug-likeness (QED) is 0.465. The van der Waals surface area contributed by atoms with E-state index in [1.807, 2.05) is 0 Å². The van der Waals surface area contributed by atoms with Gasteiger partial charge in [0, 0.05) is 13.3 Å². The zero-order chi connectivity index (χ0) is 8.81. The SMILES string of the molecule is CC(=O)OCCCC1OCCO1. The van der Waals surface area contributed by atoms with Crippen LogP contribution in [0.5, 0.6) is 0 Å². The molecule has 1 heterocycles. The van der Waals surface area contributed by atoms with Crippen LogP contribution in [0.2, 0.25) is 0 Å². The van der Waals surface area contributed by atoms with E-state index in [1.165, 1.54) is 6.92 Å². The Balaban J connectivity index is 1.91. The van der Waals surface area contributed by atoms with Crippen LogP contribution < -0.4 is 0 Å². The van der Waals surface area contributed by atoms with E-state index >= 15 is 0 Å². The molecule has 4 heteroatoms. The number of hydrogen-bond acceptors (Lipinski definition) is 4. The second-order valence-corrected chi connectivity index (χ2v) is 2.65. The van der Waals surface area contributed by atoms with Gasteiger partial charge in [-0.3, -0.25) is 4.79 Å². The van der Waals surface area contributed by atoms with Gasteiger partial charge in [-0.05, 0) is 6.42 Å². The number of ether oxygens (including phenoxy) is 3. The first kappa shape index (κ1) is 9.48. The normalized spacial score (nSPS) is 18.1. The summed E-state index contributed by atoms with van der Waals surface area (Å²) in [5.41, 5.74) is 0. The van der Waals surface area contributed by atoms with Crippen LogP contribution in [0, 0.1) is 0 Å². The Labute approximate surface area is 71.8 Å². The van der Waals surface area contributed by atoms with Crippen LogP contribution in [0.15, 0.2) is 0 Å². The van der Waals surface area contributed by atoms with E-state index in [0.29, 0.717) is 19.8 Å². The van der Waals surface area contributed by atoms with Crippen molar-refractivity contribution in [1.29, 1.82) is 0 Å². The van der Waals surface area contributed by atoms with Gasteiger partial charge in [-0.1, -0.05) is 0 Å². The molecule has 1 saturated heterocycles. The van der Waals surface area contributed by atoms with Gasteiger partial charge in [-0.25, -0.2) is 0 Å². The average Bonchev–Trinajstić information content (AvgIpc) is 2.49. The van der Waals surface area contributed by atoms with Crippen LogP contribution in [0.4, 0.5) is 0 Å². The van der Waals surface area contributed by atoms with Gasteiger partial charge in [-0.15, -0.1) is 0 Å². The van der Waals surface area contributed by atoms with Gasteiger partial charge in [0.25, 0.3) is 0 Å². The fraction of sp³-hybridized carbons (Fsp3) is 0.875. The number of hydrogen-bond donors (Lipinski definition) is 0. The van der Waals surface area contributed by atoms with Crippen LogP contribution in [-0.2, 0) is 19.0 Å². The summed E-state index contributed by atoms with van der Waals surface area (Å²) in [6, 6.07) is 0. The maximum atomic E-state index is 10.4. The predicted molar refractivity (Wildman–Crippen MR) is 41.6 cm³/mol. The third-order valence-electron chi connectivity index (χ3n) is 1.58. The lowest BCUT2D eigenvalue weighted by Gasteiger charge is -2.07. The Morgan fingerprint density at radius 3 is 2.75 bits per heavy atom. The molecule has 0 aliphatic carbocycles. The summed E-state index contributed by atoms with van der Waals surface area (Å²) in [6.45, 7) is 3.22. The van der Waals surface area contributed by atoms with E-state index in [0.717, 1.165) is 12.8 Å². The standard InChI is InChI=1S/C8H14O4/c1-7(9)10-4-2-3-8-11-5-6-12-8/h8H,2-6H2,1H3. The summed E-state index contributed by atoms with van der Waals surface area (Å²) in [7, 11) is 0. The minimum Gasteiger partial charge on any atom is -0.466 e. The van der Waals surface area contributed by atoms with Gasteiger partial charge in [0.15, 0.2) is 6.29 Å². The summed E-state index contributed by atoms with van der Waals surface area (Å²) < 4.78 is 15.1. The molecule has 0 aromatic carbocycles. The van der Waals surface area contributed by atoms with E-state index in [1.54, 1.807) is 0 Å². The van der Waals surface area contributed by atoms with Crippen molar-refractivity contribution in [2.45, 2.75) is 26.1 Å². The molecule has 1 fully saturated rings. The third-order valence-corrected chi connectivity index (χ3v) is 1.58. The Kier molecular flexibility index (Phi) is 4.04. The van der Waals surface area contributed by atoms with Crippen molar-refractivity contribution < 1.29 is 19.0 Å². The largest absolute Gasteiger partial charge is 0.466 e. The molecule has 0 unspecified atom stereocenters. The highest BCUT2D eigenvalue weighted by Gasteiger charge is 2.14. The van der Waals surface area contributed by atoms with Crippen LogP contribution in [0.3, 0.4) is 0 Å². The molecule has 4 nitrogen and oxygen atoms in total. The Bertz CT molecular complexity index is 140. The molecule has 1 rings (SSSR count). The van der Waals surface area contributed by atoms with Gasteiger partial charge in [0.2, 0.25) is 0 Å². The lowest BCUT2D eigenvalue weighted by Crippen LogP contribution is -2.09. The molecule has 0 bridgehead atoms. The molecule has 0 radical (unpaired) electrons. The van der Waals surface area contributed by atoms with Crippen LogP contribution in [0.1, 0.15) is 19.8 Å². The molecule has 0 saturated carbocycles. The van der Waals surface area contributed by atoms with Gasteiger partial charge < -0.3 is 14.2 Å². The Morgan fingerprint density at radius 2 is 2.17 bits per heavy atom. The average molecular weight is 174 g/mol. The van der Waals surface area contributed by atoms with Crippen molar-refractivity contribution in [1.82, 2.24) is 0 Å². The highest BCUT2D eigenvalue weighted by molar-refractivity contribution is 5.65. The smallest absolute Gasteiger partial charge is 0.302 e. The molecule has 0 amide bonds. The molecule has 0 aromatic heterocycles. The number of rotatable bonds is 4. The zero-order valence-electron chi connectivity index (χ0n) is 7.25. The molecular weight excluding hydrogens is 160 g/mol. The molecule has 0 atom stereocenters. The second-order valence-electron chi connectivity index (χ2n) is 2.65. The highest BCUT2D eigenvalue weighted by Crippen LogP contribution is 2.09. The summed E-state index contributed by atoms with van der Waals surface area (Å²) in [6.07, 6.45) is 1.51. The van der Waals surface area contributed by atoms with Crippen molar-refractivity contribution in [2.75, 3.05) is 19.8 Å². The third kappa shape index (κ3) is 3.69. The van der Waals surface area contributed by atoms with Gasteiger partial charge in [0.05, 0.1) is 19.8 Å². The van der Waals surface area contributed by atoms with E-state index < -0.39 is 0 Å². The Hall–Kier alpha value is -0.610. The summed E-state index contributed by atoms with van der Waals surface area (Å²) in [4.78, 5) is 10.4. The van der Waals surface area contributed by atoms with Crippen molar-refractivity contribution in [2.24, 2.45) is 0 Å². The molecule has 12 heavy (non-hydrogen) atoms. The summed E-state index contributed by atoms with van der Waals surface area (Å²) in [5, 5.41) is 0. The number of carbonyl (C=O) groups is 1. The lowest BCUT2D eigenvalue weighted by molar-refractivity contribution is -0.141. The molecule has 70 valence electrons. The van der Waals surface area contributed by atoms with Gasteiger partial charge in [0.1, 0.15) is 0 Å². The minimum atomic E-state index is -0.233. The summed E-state index contributed by atoms with van der Waals surface area (Å²) in [5.74, 6) is -0.233. The Morgan fingerprint density at radius 1 is 1.50 bits per heavy atom. The van der Waals surface area contributed by atoms with Crippen LogP contribution >= 0.6 is 0 Å². The van der Waals surface area contributed by atoms with Crippen molar-refractivity contribution in [3.8, 4) is 0 Å². The lowest BCUT2D eigenvalue weighted by atomic mass is 10.3. The fourth-order valence-electron chi connectivity index (χ4n) is 1.04. The topological polar surface area (TPSA) is 44.8 Å². The number of carbonyl (C=O) groups excluding carboxylic acids is 1. The molecule has 0 spiro atoms. The van der Waals surface area contributed by atoms with Crippen molar-refractivity contribution in [3.05, 3.63) is 0 Å². The van der Waals surface area contributed by atoms with Crippen LogP contribution in [0.25, 0.3) is 0 Å². The maximum Gasteiger partial charge on any atom is 0.302 e. The van der Waals surface area contributed by atoms with E-state index in [2.05, 4.69) is 0 Å². The van der Waals surface area contributed by atoms with E-state index in [-0.39, 0.29) is 12.3 Å². The number of esters is 1. The van der Waals surface area contributed by atoms with Gasteiger partial charge >= 0.3 is 5.97 Å². The molecule has 0 aromatic rings. The zero-order valence-corrected chi connectivity index (χ0v) is 7.25. The monoisotopic (exact) mass is 174 g/mol.